The number of thioether (sulfide) groups is 1. The number of carbonyl (C=O) groups excluding carboxylic acids is 1. The minimum absolute atomic E-state index is 0.0808. The Labute approximate surface area is 144 Å². The molecule has 0 saturated carbocycles. The van der Waals surface area contributed by atoms with Gasteiger partial charge in [-0.25, -0.2) is 14.8 Å². The van der Waals surface area contributed by atoms with Crippen LogP contribution in [-0.2, 0) is 4.74 Å². The lowest BCUT2D eigenvalue weighted by molar-refractivity contribution is 0.0256. The average Bonchev–Trinajstić information content (AvgIpc) is 2.91. The van der Waals surface area contributed by atoms with E-state index in [0.717, 1.165) is 17.1 Å². The Hall–Kier alpha value is -1.47. The van der Waals surface area contributed by atoms with Crippen LogP contribution in [0, 0.1) is 0 Å². The molecule has 3 heterocycles. The summed E-state index contributed by atoms with van der Waals surface area (Å²) in [6.45, 7) is 6.87. The first-order chi connectivity index (χ1) is 10.8. The van der Waals surface area contributed by atoms with E-state index >= 15 is 0 Å². The van der Waals surface area contributed by atoms with E-state index in [0.29, 0.717) is 18.2 Å². The van der Waals surface area contributed by atoms with E-state index in [9.17, 15) is 4.79 Å². The van der Waals surface area contributed by atoms with Crippen molar-refractivity contribution in [2.24, 2.45) is 0 Å². The summed E-state index contributed by atoms with van der Waals surface area (Å²) in [4.78, 5) is 22.6. The number of hydrogen-bond acceptors (Lipinski definition) is 5. The van der Waals surface area contributed by atoms with E-state index in [2.05, 4.69) is 9.97 Å². The smallest absolute Gasteiger partial charge is 0.410 e. The van der Waals surface area contributed by atoms with Crippen LogP contribution in [0.4, 0.5) is 4.79 Å². The summed E-state index contributed by atoms with van der Waals surface area (Å²) in [7, 11) is 0. The van der Waals surface area contributed by atoms with Gasteiger partial charge in [0.2, 0.25) is 0 Å². The van der Waals surface area contributed by atoms with Gasteiger partial charge in [-0.05, 0) is 20.8 Å². The molecule has 2 aromatic heterocycles. The van der Waals surface area contributed by atoms with E-state index in [4.69, 9.17) is 16.3 Å². The Morgan fingerprint density at radius 2 is 2.22 bits per heavy atom. The molecule has 0 radical (unpaired) electrons. The maximum atomic E-state index is 12.3. The highest BCUT2D eigenvalue weighted by Crippen LogP contribution is 2.33. The zero-order chi connectivity index (χ0) is 16.6. The van der Waals surface area contributed by atoms with Gasteiger partial charge in [0, 0.05) is 31.2 Å². The molecule has 1 saturated heterocycles. The summed E-state index contributed by atoms with van der Waals surface area (Å²) >= 11 is 7.88. The number of hydrogen-bond donors (Lipinski definition) is 0. The normalized spacial score (nSPS) is 19.1. The van der Waals surface area contributed by atoms with Crippen molar-refractivity contribution >= 4 is 35.0 Å². The number of ether oxygens (including phenoxy) is 1. The maximum absolute atomic E-state index is 12.3. The molecule has 124 valence electrons. The summed E-state index contributed by atoms with van der Waals surface area (Å²) < 4.78 is 7.40. The van der Waals surface area contributed by atoms with Crippen LogP contribution >= 0.6 is 23.4 Å². The molecule has 1 aliphatic rings. The van der Waals surface area contributed by atoms with E-state index in [-0.39, 0.29) is 11.3 Å². The van der Waals surface area contributed by atoms with Gasteiger partial charge < -0.3 is 9.64 Å². The first-order valence-electron chi connectivity index (χ1n) is 7.42. The van der Waals surface area contributed by atoms with Gasteiger partial charge in [0.15, 0.2) is 5.15 Å². The molecule has 3 rings (SSSR count). The lowest BCUT2D eigenvalue weighted by Gasteiger charge is -2.33. The van der Waals surface area contributed by atoms with Gasteiger partial charge in [0.25, 0.3) is 0 Å². The Kier molecular flexibility index (Phi) is 4.42. The predicted octanol–water partition coefficient (Wildman–Crippen LogP) is 3.41. The number of halogens is 1. The summed E-state index contributed by atoms with van der Waals surface area (Å²) in [5, 5.41) is 0.508. The molecular weight excluding hydrogens is 336 g/mol. The van der Waals surface area contributed by atoms with Gasteiger partial charge in [-0.1, -0.05) is 11.6 Å². The molecule has 0 bridgehead atoms. The largest absolute Gasteiger partial charge is 0.444 e. The fraction of sp³-hybridized carbons (Fsp3) is 0.533. The van der Waals surface area contributed by atoms with Gasteiger partial charge in [-0.2, -0.15) is 0 Å². The molecule has 2 aromatic rings. The average molecular weight is 355 g/mol. The summed E-state index contributed by atoms with van der Waals surface area (Å²) in [5.74, 6) is 1.72. The third-order valence-corrected chi connectivity index (χ3v) is 4.92. The molecular formula is C15H19ClN4O2S. The van der Waals surface area contributed by atoms with Crippen LogP contribution in [0.15, 0.2) is 18.6 Å². The Morgan fingerprint density at radius 1 is 1.43 bits per heavy atom. The van der Waals surface area contributed by atoms with Crippen molar-refractivity contribution < 1.29 is 9.53 Å². The molecule has 0 unspecified atom stereocenters. The van der Waals surface area contributed by atoms with Crippen LogP contribution in [0.5, 0.6) is 0 Å². The zero-order valence-corrected chi connectivity index (χ0v) is 14.9. The van der Waals surface area contributed by atoms with Gasteiger partial charge in [-0.15, -0.1) is 11.8 Å². The van der Waals surface area contributed by atoms with Crippen molar-refractivity contribution in [2.75, 3.05) is 18.8 Å². The number of aromatic nitrogens is 3. The number of rotatable bonds is 1. The molecule has 1 fully saturated rings. The van der Waals surface area contributed by atoms with Crippen molar-refractivity contribution in [3.8, 4) is 0 Å². The highest BCUT2D eigenvalue weighted by molar-refractivity contribution is 7.99. The monoisotopic (exact) mass is 354 g/mol. The van der Waals surface area contributed by atoms with Crippen molar-refractivity contribution in [3.63, 3.8) is 0 Å². The molecule has 1 aliphatic heterocycles. The Bertz CT molecular complexity index is 728. The van der Waals surface area contributed by atoms with Gasteiger partial charge in [0.1, 0.15) is 16.9 Å². The minimum Gasteiger partial charge on any atom is -0.444 e. The van der Waals surface area contributed by atoms with Crippen molar-refractivity contribution in [2.45, 2.75) is 31.6 Å². The fourth-order valence-corrected chi connectivity index (χ4v) is 3.87. The maximum Gasteiger partial charge on any atom is 0.410 e. The summed E-state index contributed by atoms with van der Waals surface area (Å²) in [6, 6.07) is 0. The molecule has 6 nitrogen and oxygen atoms in total. The van der Waals surface area contributed by atoms with E-state index in [1.54, 1.807) is 29.1 Å². The number of imidazole rings is 1. The lowest BCUT2D eigenvalue weighted by atomic mass is 10.2. The van der Waals surface area contributed by atoms with Crippen molar-refractivity contribution in [1.29, 1.82) is 0 Å². The third kappa shape index (κ3) is 3.55. The van der Waals surface area contributed by atoms with E-state index < -0.39 is 5.60 Å². The van der Waals surface area contributed by atoms with Crippen LogP contribution < -0.4 is 0 Å². The SMILES string of the molecule is CC(C)(C)OC(=O)N1CCS[C@@H](c2ncc3c(Cl)nccn23)C1. The third-order valence-electron chi connectivity index (χ3n) is 3.45. The number of nitrogens with zero attached hydrogens (tertiary/aromatic N) is 4. The quantitative estimate of drug-likeness (QED) is 0.785. The van der Waals surface area contributed by atoms with Crippen molar-refractivity contribution in [1.82, 2.24) is 19.3 Å². The van der Waals surface area contributed by atoms with Crippen LogP contribution in [-0.4, -0.2) is 49.8 Å². The number of amides is 1. The second kappa shape index (κ2) is 6.20. The highest BCUT2D eigenvalue weighted by atomic mass is 35.5. The summed E-state index contributed by atoms with van der Waals surface area (Å²) in [5.41, 5.74) is 0.287. The molecule has 1 atom stereocenters. The van der Waals surface area contributed by atoms with Gasteiger partial charge >= 0.3 is 6.09 Å². The molecule has 0 spiro atoms. The number of carbonyl (C=O) groups is 1. The van der Waals surface area contributed by atoms with E-state index in [1.165, 1.54) is 0 Å². The Morgan fingerprint density at radius 3 is 2.96 bits per heavy atom. The second-order valence-electron chi connectivity index (χ2n) is 6.38. The van der Waals surface area contributed by atoms with Crippen LogP contribution in [0.2, 0.25) is 5.15 Å². The molecule has 1 amide bonds. The Balaban J connectivity index is 1.80. The van der Waals surface area contributed by atoms with Crippen LogP contribution in [0.1, 0.15) is 31.8 Å². The minimum atomic E-state index is -0.490. The van der Waals surface area contributed by atoms with Crippen LogP contribution in [0.3, 0.4) is 0 Å². The fourth-order valence-electron chi connectivity index (χ4n) is 2.45. The molecule has 0 N–H and O–H groups in total. The molecule has 23 heavy (non-hydrogen) atoms. The van der Waals surface area contributed by atoms with Gasteiger partial charge in [-0.3, -0.25) is 4.40 Å². The van der Waals surface area contributed by atoms with Crippen LogP contribution in [0.25, 0.3) is 5.52 Å². The topological polar surface area (TPSA) is 59.7 Å². The molecule has 0 aliphatic carbocycles. The van der Waals surface area contributed by atoms with Gasteiger partial charge in [0.05, 0.1) is 11.4 Å². The predicted molar refractivity (Wildman–Crippen MR) is 91.0 cm³/mol. The van der Waals surface area contributed by atoms with Crippen molar-refractivity contribution in [3.05, 3.63) is 29.6 Å². The molecule has 0 aromatic carbocycles. The highest BCUT2D eigenvalue weighted by Gasteiger charge is 2.30. The summed E-state index contributed by atoms with van der Waals surface area (Å²) in [6.07, 6.45) is 4.94. The second-order valence-corrected chi connectivity index (χ2v) is 8.04. The van der Waals surface area contributed by atoms with E-state index in [1.807, 2.05) is 31.4 Å². The first-order valence-corrected chi connectivity index (χ1v) is 8.85. The lowest BCUT2D eigenvalue weighted by Crippen LogP contribution is -2.42. The first kappa shape index (κ1) is 16.4. The zero-order valence-electron chi connectivity index (χ0n) is 13.3. The molecule has 8 heteroatoms. The number of fused-ring (bicyclic) bond motifs is 1. The standard InChI is InChI=1S/C15H19ClN4O2S/c1-15(2,3)22-14(21)19-6-7-23-11(9-19)13-18-8-10-12(16)17-4-5-20(10)13/h4-5,8,11H,6-7,9H2,1-3H3/t11-/m1/s1.